The normalized spacial score (nSPS) is 11.7. The van der Waals surface area contributed by atoms with E-state index in [2.05, 4.69) is 0 Å². The molecule has 0 spiro atoms. The fourth-order valence-electron chi connectivity index (χ4n) is 0.175. The predicted molar refractivity (Wildman–Crippen MR) is 28.3 cm³/mol. The SMILES string of the molecule is [CH]/C=C\C=C/C. The third kappa shape index (κ3) is 3.48. The summed E-state index contributed by atoms with van der Waals surface area (Å²) in [6.07, 6.45) is 7.07. The van der Waals surface area contributed by atoms with Gasteiger partial charge in [-0.25, -0.2) is 0 Å². The lowest BCUT2D eigenvalue weighted by Crippen LogP contribution is -1.40. The summed E-state index contributed by atoms with van der Waals surface area (Å²) in [6.45, 7) is 6.93. The van der Waals surface area contributed by atoms with Gasteiger partial charge in [0.2, 0.25) is 0 Å². The Bertz CT molecular complexity index is 48.4. The van der Waals surface area contributed by atoms with Crippen LogP contribution >= 0.6 is 0 Å². The highest BCUT2D eigenvalue weighted by Gasteiger charge is 1.49. The predicted octanol–water partition coefficient (Wildman–Crippen LogP) is 1.83. The number of hydrogen-bond donors (Lipinski definition) is 0. The lowest BCUT2D eigenvalue weighted by molar-refractivity contribution is 1.73. The van der Waals surface area contributed by atoms with Crippen LogP contribution in [0.15, 0.2) is 24.3 Å². The van der Waals surface area contributed by atoms with Gasteiger partial charge in [-0.2, -0.15) is 0 Å². The van der Waals surface area contributed by atoms with Crippen molar-refractivity contribution in [1.82, 2.24) is 0 Å². The fraction of sp³-hybridized carbons (Fsp3) is 0.167. The molecule has 2 radical (unpaired) electrons. The minimum absolute atomic E-state index is 1.50. The van der Waals surface area contributed by atoms with Gasteiger partial charge in [0.05, 0.1) is 0 Å². The summed E-state index contributed by atoms with van der Waals surface area (Å²) >= 11 is 0. The van der Waals surface area contributed by atoms with Crippen LogP contribution in [-0.2, 0) is 0 Å². The molecular weight excluding hydrogens is 72.1 g/mol. The summed E-state index contributed by atoms with van der Waals surface area (Å²) < 4.78 is 0. The lowest BCUT2D eigenvalue weighted by atomic mass is 10.5. The zero-order valence-electron chi connectivity index (χ0n) is 3.89. The highest BCUT2D eigenvalue weighted by Crippen LogP contribution is 1.70. The lowest BCUT2D eigenvalue weighted by Gasteiger charge is -1.62. The Hall–Kier alpha value is -0.520. The molecule has 0 atom stereocenters. The van der Waals surface area contributed by atoms with Crippen LogP contribution in [0.5, 0.6) is 0 Å². The van der Waals surface area contributed by atoms with Crippen molar-refractivity contribution in [2.75, 3.05) is 0 Å². The molecule has 0 nitrogen and oxygen atoms in total. The molecule has 0 aliphatic heterocycles. The molecule has 0 N–H and O–H groups in total. The van der Waals surface area contributed by atoms with Gasteiger partial charge in [-0.1, -0.05) is 24.3 Å². The molecule has 0 aromatic carbocycles. The molecule has 0 aliphatic carbocycles. The van der Waals surface area contributed by atoms with Crippen molar-refractivity contribution in [2.24, 2.45) is 0 Å². The Balaban J connectivity index is 3.07. The average molecular weight is 80.1 g/mol. The minimum atomic E-state index is 1.50. The molecule has 0 amide bonds. The molecule has 0 saturated heterocycles. The number of rotatable bonds is 1. The number of hydrogen-bond acceptors (Lipinski definition) is 0. The maximum atomic E-state index is 4.98. The van der Waals surface area contributed by atoms with Crippen molar-refractivity contribution in [2.45, 2.75) is 6.92 Å². The quantitative estimate of drug-likeness (QED) is 0.421. The Morgan fingerprint density at radius 3 is 2.17 bits per heavy atom. The van der Waals surface area contributed by atoms with Gasteiger partial charge in [-0.3, -0.25) is 0 Å². The molecule has 6 heavy (non-hydrogen) atoms. The maximum Gasteiger partial charge on any atom is -0.00925 e. The monoisotopic (exact) mass is 80.1 g/mol. The average Bonchev–Trinajstić information content (AvgIpc) is 1.61. The van der Waals surface area contributed by atoms with Crippen LogP contribution in [0.1, 0.15) is 6.92 Å². The van der Waals surface area contributed by atoms with Crippen molar-refractivity contribution in [1.29, 1.82) is 0 Å². The first-order chi connectivity index (χ1) is 2.91. The molecule has 0 fully saturated rings. The van der Waals surface area contributed by atoms with Crippen LogP contribution < -0.4 is 0 Å². The van der Waals surface area contributed by atoms with Gasteiger partial charge in [-0.05, 0) is 13.8 Å². The Kier molecular flexibility index (Phi) is 4.09. The fourth-order valence-corrected chi connectivity index (χ4v) is 0.175. The molecule has 0 unspecified atom stereocenters. The second-order valence-corrected chi connectivity index (χ2v) is 0.911. The van der Waals surface area contributed by atoms with E-state index in [1.807, 2.05) is 19.1 Å². The molecule has 0 saturated carbocycles. The van der Waals surface area contributed by atoms with Crippen molar-refractivity contribution in [3.8, 4) is 0 Å². The molecule has 32 valence electrons. The van der Waals surface area contributed by atoms with E-state index in [4.69, 9.17) is 6.92 Å². The topological polar surface area (TPSA) is 0 Å². The van der Waals surface area contributed by atoms with Crippen LogP contribution in [0.2, 0.25) is 0 Å². The van der Waals surface area contributed by atoms with Crippen LogP contribution in [0.4, 0.5) is 0 Å². The highest BCUT2D eigenvalue weighted by atomic mass is 13.6. The summed E-state index contributed by atoms with van der Waals surface area (Å²) in [6, 6.07) is 0. The van der Waals surface area contributed by atoms with Gasteiger partial charge in [0.15, 0.2) is 0 Å². The van der Waals surface area contributed by atoms with E-state index in [0.29, 0.717) is 0 Å². The molecule has 0 aromatic rings. The van der Waals surface area contributed by atoms with Gasteiger partial charge < -0.3 is 0 Å². The zero-order chi connectivity index (χ0) is 4.83. The Morgan fingerprint density at radius 1 is 1.33 bits per heavy atom. The van der Waals surface area contributed by atoms with Crippen molar-refractivity contribution in [3.63, 3.8) is 0 Å². The molecule has 0 heterocycles. The van der Waals surface area contributed by atoms with Crippen molar-refractivity contribution >= 4 is 0 Å². The summed E-state index contributed by atoms with van der Waals surface area (Å²) in [5.41, 5.74) is 0. The second kappa shape index (κ2) is 4.48. The first-order valence-electron chi connectivity index (χ1n) is 1.91. The summed E-state index contributed by atoms with van der Waals surface area (Å²) in [4.78, 5) is 0. The number of allylic oxidation sites excluding steroid dienone is 4. The molecule has 0 aromatic heterocycles. The van der Waals surface area contributed by atoms with Gasteiger partial charge in [0, 0.05) is 0 Å². The van der Waals surface area contributed by atoms with E-state index < -0.39 is 0 Å². The summed E-state index contributed by atoms with van der Waals surface area (Å²) in [7, 11) is 0. The third-order valence-electron chi connectivity index (χ3n) is 0.415. The molecule has 0 rings (SSSR count). The van der Waals surface area contributed by atoms with Crippen molar-refractivity contribution < 1.29 is 0 Å². The van der Waals surface area contributed by atoms with E-state index in [-0.39, 0.29) is 0 Å². The van der Waals surface area contributed by atoms with Crippen LogP contribution in [0.3, 0.4) is 0 Å². The van der Waals surface area contributed by atoms with Crippen LogP contribution in [-0.4, -0.2) is 0 Å². The first-order valence-corrected chi connectivity index (χ1v) is 1.91. The van der Waals surface area contributed by atoms with E-state index in [1.165, 1.54) is 6.08 Å². The Morgan fingerprint density at radius 2 is 2.00 bits per heavy atom. The largest absolute Gasteiger partial charge is 0.0877 e. The van der Waals surface area contributed by atoms with Crippen LogP contribution in [0, 0.1) is 6.92 Å². The van der Waals surface area contributed by atoms with Gasteiger partial charge in [0.1, 0.15) is 0 Å². The minimum Gasteiger partial charge on any atom is -0.0877 e. The van der Waals surface area contributed by atoms with Crippen molar-refractivity contribution in [3.05, 3.63) is 31.2 Å². The maximum absolute atomic E-state index is 4.98. The van der Waals surface area contributed by atoms with E-state index in [0.717, 1.165) is 0 Å². The molecule has 0 aliphatic rings. The summed E-state index contributed by atoms with van der Waals surface area (Å²) in [5, 5.41) is 0. The van der Waals surface area contributed by atoms with E-state index in [1.54, 1.807) is 6.08 Å². The third-order valence-corrected chi connectivity index (χ3v) is 0.415. The molecule has 0 heteroatoms. The van der Waals surface area contributed by atoms with Crippen LogP contribution in [0.25, 0.3) is 0 Å². The molecular formula is C6H8. The van der Waals surface area contributed by atoms with E-state index in [9.17, 15) is 0 Å². The Labute approximate surface area is 39.2 Å². The standard InChI is InChI=1S/C6H8/c1-3-5-6-4-2/h1,3-6H,2H3/b5-3-,6-4-. The highest BCUT2D eigenvalue weighted by molar-refractivity contribution is 5.01. The van der Waals surface area contributed by atoms with Gasteiger partial charge >= 0.3 is 0 Å². The summed E-state index contributed by atoms with van der Waals surface area (Å²) in [5.74, 6) is 0. The van der Waals surface area contributed by atoms with Gasteiger partial charge in [-0.15, -0.1) is 0 Å². The van der Waals surface area contributed by atoms with E-state index >= 15 is 0 Å². The smallest absolute Gasteiger partial charge is 0.00925 e. The first kappa shape index (κ1) is 5.48. The zero-order valence-corrected chi connectivity index (χ0v) is 3.89. The second-order valence-electron chi connectivity index (χ2n) is 0.911. The molecule has 0 bridgehead atoms. The van der Waals surface area contributed by atoms with Gasteiger partial charge in [0.25, 0.3) is 0 Å².